The molecular weight excluding hydrogens is 256 g/mol. The molecule has 0 radical (unpaired) electrons. The maximum Gasteiger partial charge on any atom is 0.0916 e. The molecule has 5 heteroatoms. The molecule has 0 bridgehead atoms. The third-order valence-electron chi connectivity index (χ3n) is 3.15. The number of pyridine rings is 1. The van der Waals surface area contributed by atoms with Gasteiger partial charge < -0.3 is 5.32 Å². The smallest absolute Gasteiger partial charge is 0.0916 e. The van der Waals surface area contributed by atoms with Crippen LogP contribution in [0.5, 0.6) is 0 Å². The first-order valence-corrected chi connectivity index (χ1v) is 6.89. The van der Waals surface area contributed by atoms with Crippen LogP contribution in [0.1, 0.15) is 17.4 Å². The second-order valence-corrected chi connectivity index (χ2v) is 4.93. The van der Waals surface area contributed by atoms with Crippen LogP contribution in [0.15, 0.2) is 42.6 Å². The van der Waals surface area contributed by atoms with Gasteiger partial charge in [-0.1, -0.05) is 24.3 Å². The van der Waals surface area contributed by atoms with Crippen LogP contribution in [0.25, 0.3) is 10.9 Å². The molecule has 3 aromatic rings. The van der Waals surface area contributed by atoms with E-state index in [0.717, 1.165) is 23.3 Å². The number of hydrogen-bond acceptors (Lipinski definition) is 5. The van der Waals surface area contributed by atoms with Gasteiger partial charge in [0.1, 0.15) is 0 Å². The molecule has 1 aromatic carbocycles. The van der Waals surface area contributed by atoms with Crippen LogP contribution >= 0.6 is 11.7 Å². The second-order valence-electron chi connectivity index (χ2n) is 4.37. The number of likely N-dealkylation sites (N-methyl/N-ethyl adjacent to an activating group) is 1. The fourth-order valence-corrected chi connectivity index (χ4v) is 2.58. The zero-order chi connectivity index (χ0) is 13.1. The van der Waals surface area contributed by atoms with Crippen molar-refractivity contribution in [3.8, 4) is 0 Å². The lowest BCUT2D eigenvalue weighted by atomic mass is 10.1. The Balaban J connectivity index is 1.88. The summed E-state index contributed by atoms with van der Waals surface area (Å²) in [4.78, 5) is 4.69. The highest BCUT2D eigenvalue weighted by atomic mass is 32.1. The summed E-state index contributed by atoms with van der Waals surface area (Å²) in [6.45, 7) is 0. The minimum Gasteiger partial charge on any atom is -0.311 e. The van der Waals surface area contributed by atoms with Crippen molar-refractivity contribution in [2.75, 3.05) is 7.05 Å². The molecule has 19 heavy (non-hydrogen) atoms. The number of hydrogen-bond donors (Lipinski definition) is 1. The minimum atomic E-state index is 0.160. The van der Waals surface area contributed by atoms with Crippen molar-refractivity contribution < 1.29 is 0 Å². The highest BCUT2D eigenvalue weighted by molar-refractivity contribution is 6.99. The van der Waals surface area contributed by atoms with Gasteiger partial charge >= 0.3 is 0 Å². The maximum absolute atomic E-state index is 4.69. The Morgan fingerprint density at radius 3 is 2.89 bits per heavy atom. The number of fused-ring (bicyclic) bond motifs is 1. The molecular formula is C14H14N4S. The van der Waals surface area contributed by atoms with Crippen LogP contribution in [0.3, 0.4) is 0 Å². The van der Waals surface area contributed by atoms with Crippen LogP contribution < -0.4 is 5.32 Å². The summed E-state index contributed by atoms with van der Waals surface area (Å²) in [5.41, 5.74) is 3.07. The number of para-hydroxylation sites is 1. The van der Waals surface area contributed by atoms with Crippen LogP contribution in [0.2, 0.25) is 0 Å². The standard InChI is InChI=1S/C14H14N4S/c1-15-13(14-9-16-19-18-14)8-11-7-6-10-4-2-3-5-12(10)17-11/h2-7,9,13,15H,8H2,1H3. The average molecular weight is 270 g/mol. The molecule has 3 rings (SSSR count). The SMILES string of the molecule is CNC(Cc1ccc2ccccc2n1)c1cnsn1. The largest absolute Gasteiger partial charge is 0.311 e. The topological polar surface area (TPSA) is 50.7 Å². The average Bonchev–Trinajstić information content (AvgIpc) is 2.98. The zero-order valence-electron chi connectivity index (χ0n) is 10.6. The van der Waals surface area contributed by atoms with E-state index in [0.29, 0.717) is 0 Å². The first kappa shape index (κ1) is 12.2. The summed E-state index contributed by atoms with van der Waals surface area (Å²) in [5.74, 6) is 0. The third-order valence-corrected chi connectivity index (χ3v) is 3.65. The van der Waals surface area contributed by atoms with E-state index in [1.165, 1.54) is 17.1 Å². The Labute approximate surface area is 115 Å². The van der Waals surface area contributed by atoms with Gasteiger partial charge in [-0.2, -0.15) is 8.75 Å². The summed E-state index contributed by atoms with van der Waals surface area (Å²) in [5, 5.41) is 4.43. The molecule has 0 aliphatic carbocycles. The minimum absolute atomic E-state index is 0.160. The summed E-state index contributed by atoms with van der Waals surface area (Å²) in [7, 11) is 1.94. The molecule has 1 unspecified atom stereocenters. The van der Waals surface area contributed by atoms with Gasteiger partial charge in [-0.3, -0.25) is 4.98 Å². The second kappa shape index (κ2) is 5.42. The fourth-order valence-electron chi connectivity index (χ4n) is 2.11. The van der Waals surface area contributed by atoms with Crippen LogP contribution in [-0.2, 0) is 6.42 Å². The van der Waals surface area contributed by atoms with Gasteiger partial charge in [0.2, 0.25) is 0 Å². The van der Waals surface area contributed by atoms with Gasteiger partial charge in [-0.25, -0.2) is 0 Å². The molecule has 4 nitrogen and oxygen atoms in total. The predicted octanol–water partition coefficient (Wildman–Crippen LogP) is 2.59. The van der Waals surface area contributed by atoms with Crippen molar-refractivity contribution >= 4 is 22.6 Å². The highest BCUT2D eigenvalue weighted by Crippen LogP contribution is 2.18. The predicted molar refractivity (Wildman–Crippen MR) is 77.2 cm³/mol. The van der Waals surface area contributed by atoms with Crippen LogP contribution in [0.4, 0.5) is 0 Å². The van der Waals surface area contributed by atoms with Gasteiger partial charge in [0.25, 0.3) is 0 Å². The third kappa shape index (κ3) is 2.62. The molecule has 0 fully saturated rings. The lowest BCUT2D eigenvalue weighted by Crippen LogP contribution is -2.19. The molecule has 0 amide bonds. The molecule has 0 saturated carbocycles. The number of rotatable bonds is 4. The Hall–Kier alpha value is -1.85. The van der Waals surface area contributed by atoms with Crippen molar-refractivity contribution in [2.24, 2.45) is 0 Å². The van der Waals surface area contributed by atoms with E-state index in [1.807, 2.05) is 31.4 Å². The van der Waals surface area contributed by atoms with E-state index >= 15 is 0 Å². The molecule has 0 spiro atoms. The maximum atomic E-state index is 4.69. The monoisotopic (exact) mass is 270 g/mol. The van der Waals surface area contributed by atoms with Gasteiger partial charge in [0, 0.05) is 17.5 Å². The molecule has 0 aliphatic heterocycles. The molecule has 0 aliphatic rings. The van der Waals surface area contributed by atoms with E-state index in [2.05, 4.69) is 37.2 Å². The van der Waals surface area contributed by atoms with Gasteiger partial charge in [0.05, 0.1) is 35.2 Å². The highest BCUT2D eigenvalue weighted by Gasteiger charge is 2.13. The number of benzene rings is 1. The van der Waals surface area contributed by atoms with Crippen molar-refractivity contribution in [3.05, 3.63) is 54.0 Å². The molecule has 0 saturated heterocycles. The Bertz CT molecular complexity index is 666. The molecule has 2 heterocycles. The van der Waals surface area contributed by atoms with E-state index < -0.39 is 0 Å². The summed E-state index contributed by atoms with van der Waals surface area (Å²) < 4.78 is 8.34. The molecule has 96 valence electrons. The summed E-state index contributed by atoms with van der Waals surface area (Å²) in [6, 6.07) is 12.5. The quantitative estimate of drug-likeness (QED) is 0.791. The normalized spacial score (nSPS) is 12.7. The molecule has 2 aromatic heterocycles. The van der Waals surface area contributed by atoms with E-state index in [4.69, 9.17) is 0 Å². The van der Waals surface area contributed by atoms with Crippen LogP contribution in [0, 0.1) is 0 Å². The van der Waals surface area contributed by atoms with E-state index in [9.17, 15) is 0 Å². The van der Waals surface area contributed by atoms with E-state index in [1.54, 1.807) is 0 Å². The lowest BCUT2D eigenvalue weighted by Gasteiger charge is -2.13. The van der Waals surface area contributed by atoms with Crippen LogP contribution in [-0.4, -0.2) is 20.8 Å². The number of aromatic nitrogens is 3. The fraction of sp³-hybridized carbons (Fsp3) is 0.214. The Morgan fingerprint density at radius 2 is 2.11 bits per heavy atom. The van der Waals surface area contributed by atoms with E-state index in [-0.39, 0.29) is 6.04 Å². The Kier molecular flexibility index (Phi) is 3.48. The zero-order valence-corrected chi connectivity index (χ0v) is 11.4. The van der Waals surface area contributed by atoms with Crippen molar-refractivity contribution in [1.29, 1.82) is 0 Å². The Morgan fingerprint density at radius 1 is 1.21 bits per heavy atom. The van der Waals surface area contributed by atoms with Gasteiger partial charge in [0.15, 0.2) is 0 Å². The van der Waals surface area contributed by atoms with Crippen molar-refractivity contribution in [2.45, 2.75) is 12.5 Å². The number of nitrogens with zero attached hydrogens (tertiary/aromatic N) is 3. The number of nitrogens with one attached hydrogen (secondary N) is 1. The summed E-state index contributed by atoms with van der Waals surface area (Å²) >= 11 is 1.24. The first-order chi connectivity index (χ1) is 9.36. The lowest BCUT2D eigenvalue weighted by molar-refractivity contribution is 0.574. The molecule has 1 N–H and O–H groups in total. The first-order valence-electron chi connectivity index (χ1n) is 6.16. The van der Waals surface area contributed by atoms with Gasteiger partial charge in [-0.05, 0) is 19.2 Å². The van der Waals surface area contributed by atoms with Crippen molar-refractivity contribution in [1.82, 2.24) is 19.0 Å². The van der Waals surface area contributed by atoms with Crippen molar-refractivity contribution in [3.63, 3.8) is 0 Å². The molecule has 1 atom stereocenters. The van der Waals surface area contributed by atoms with Gasteiger partial charge in [-0.15, -0.1) is 0 Å². The summed E-state index contributed by atoms with van der Waals surface area (Å²) in [6.07, 6.45) is 2.62.